The Labute approximate surface area is 86.8 Å². The Morgan fingerprint density at radius 1 is 1.46 bits per heavy atom. The van der Waals surface area contributed by atoms with Crippen molar-refractivity contribution in [2.75, 3.05) is 6.61 Å². The topological polar surface area (TPSA) is 9.23 Å². The van der Waals surface area contributed by atoms with Crippen LogP contribution in [0.15, 0.2) is 0 Å². The van der Waals surface area contributed by atoms with Gasteiger partial charge in [-0.05, 0) is 38.5 Å². The van der Waals surface area contributed by atoms with Crippen LogP contribution in [0.4, 0.5) is 0 Å². The van der Waals surface area contributed by atoms with Gasteiger partial charge in [0.05, 0.1) is 6.10 Å². The first-order valence-corrected chi connectivity index (χ1v) is 5.89. The van der Waals surface area contributed by atoms with Crippen LogP contribution in [0, 0.1) is 5.92 Å². The fraction of sp³-hybridized carbons (Fsp3) is 1.00. The summed E-state index contributed by atoms with van der Waals surface area (Å²) in [5, 5.41) is 0.310. The number of hydrogen-bond acceptors (Lipinski definition) is 1. The summed E-state index contributed by atoms with van der Waals surface area (Å²) in [7, 11) is 0. The molecule has 0 aromatic carbocycles. The minimum Gasteiger partial charge on any atom is -0.378 e. The molecule has 0 aliphatic carbocycles. The monoisotopic (exact) mass is 204 g/mol. The Hall–Kier alpha value is 0.250. The van der Waals surface area contributed by atoms with Gasteiger partial charge < -0.3 is 4.74 Å². The molecule has 1 rings (SSSR count). The lowest BCUT2D eigenvalue weighted by Crippen LogP contribution is -2.09. The van der Waals surface area contributed by atoms with Crippen LogP contribution in [0.1, 0.15) is 46.0 Å². The minimum absolute atomic E-state index is 0.310. The van der Waals surface area contributed by atoms with E-state index in [2.05, 4.69) is 13.8 Å². The van der Waals surface area contributed by atoms with E-state index < -0.39 is 0 Å². The minimum atomic E-state index is 0.310. The molecule has 2 heteroatoms. The Kier molecular flexibility index (Phi) is 5.12. The van der Waals surface area contributed by atoms with Crippen molar-refractivity contribution in [1.82, 2.24) is 0 Å². The molecule has 0 aromatic heterocycles. The number of halogens is 1. The van der Waals surface area contributed by atoms with Crippen molar-refractivity contribution in [3.63, 3.8) is 0 Å². The average molecular weight is 205 g/mol. The highest BCUT2D eigenvalue weighted by molar-refractivity contribution is 6.20. The fourth-order valence-electron chi connectivity index (χ4n) is 1.77. The first kappa shape index (κ1) is 11.3. The van der Waals surface area contributed by atoms with Crippen molar-refractivity contribution in [2.45, 2.75) is 57.4 Å². The molecule has 1 saturated heterocycles. The van der Waals surface area contributed by atoms with Gasteiger partial charge in [-0.3, -0.25) is 0 Å². The summed E-state index contributed by atoms with van der Waals surface area (Å²) in [6.45, 7) is 5.29. The molecule has 0 spiro atoms. The Morgan fingerprint density at radius 3 is 2.77 bits per heavy atom. The summed E-state index contributed by atoms with van der Waals surface area (Å²) in [5.41, 5.74) is 0. The normalized spacial score (nSPS) is 27.5. The van der Waals surface area contributed by atoms with Gasteiger partial charge in [0.15, 0.2) is 0 Å². The molecule has 78 valence electrons. The molecule has 3 atom stereocenters. The van der Waals surface area contributed by atoms with Gasteiger partial charge in [0, 0.05) is 12.0 Å². The van der Waals surface area contributed by atoms with E-state index >= 15 is 0 Å². The van der Waals surface area contributed by atoms with Crippen molar-refractivity contribution in [2.24, 2.45) is 5.92 Å². The second-order valence-electron chi connectivity index (χ2n) is 4.22. The molecule has 3 unspecified atom stereocenters. The molecular weight excluding hydrogens is 184 g/mol. The van der Waals surface area contributed by atoms with Crippen LogP contribution in [0.25, 0.3) is 0 Å². The second-order valence-corrected chi connectivity index (χ2v) is 4.91. The molecule has 1 aliphatic heterocycles. The van der Waals surface area contributed by atoms with Crippen LogP contribution in [-0.4, -0.2) is 18.1 Å². The maximum Gasteiger partial charge on any atom is 0.0576 e. The van der Waals surface area contributed by atoms with E-state index in [4.69, 9.17) is 16.3 Å². The van der Waals surface area contributed by atoms with Gasteiger partial charge in [-0.25, -0.2) is 0 Å². The van der Waals surface area contributed by atoms with Gasteiger partial charge in [0.25, 0.3) is 0 Å². The first-order chi connectivity index (χ1) is 6.20. The maximum absolute atomic E-state index is 5.99. The Morgan fingerprint density at radius 2 is 2.23 bits per heavy atom. The molecule has 0 saturated carbocycles. The van der Waals surface area contributed by atoms with Crippen LogP contribution in [0.3, 0.4) is 0 Å². The van der Waals surface area contributed by atoms with E-state index in [0.717, 1.165) is 6.61 Å². The first-order valence-electron chi connectivity index (χ1n) is 5.46. The molecule has 1 heterocycles. The smallest absolute Gasteiger partial charge is 0.0576 e. The van der Waals surface area contributed by atoms with E-state index in [1.165, 1.54) is 32.1 Å². The van der Waals surface area contributed by atoms with Gasteiger partial charge in [0.2, 0.25) is 0 Å². The zero-order valence-corrected chi connectivity index (χ0v) is 9.52. The van der Waals surface area contributed by atoms with Gasteiger partial charge in [-0.15, -0.1) is 11.6 Å². The van der Waals surface area contributed by atoms with Crippen LogP contribution >= 0.6 is 11.6 Å². The largest absolute Gasteiger partial charge is 0.378 e. The van der Waals surface area contributed by atoms with Gasteiger partial charge in [-0.1, -0.05) is 13.3 Å². The van der Waals surface area contributed by atoms with E-state index in [9.17, 15) is 0 Å². The van der Waals surface area contributed by atoms with Crippen molar-refractivity contribution < 1.29 is 4.74 Å². The lowest BCUT2D eigenvalue weighted by Gasteiger charge is -2.14. The SMILES string of the molecule is CC(Cl)C(C)CCCC1CCCO1. The molecule has 0 bridgehead atoms. The Balaban J connectivity index is 1.99. The van der Waals surface area contributed by atoms with Gasteiger partial charge in [-0.2, -0.15) is 0 Å². The fourth-order valence-corrected chi connectivity index (χ4v) is 1.90. The van der Waals surface area contributed by atoms with Crippen molar-refractivity contribution >= 4 is 11.6 Å². The summed E-state index contributed by atoms with van der Waals surface area (Å²) >= 11 is 5.99. The molecule has 1 nitrogen and oxygen atoms in total. The van der Waals surface area contributed by atoms with Gasteiger partial charge in [0.1, 0.15) is 0 Å². The summed E-state index contributed by atoms with van der Waals surface area (Å²) in [6.07, 6.45) is 6.82. The summed E-state index contributed by atoms with van der Waals surface area (Å²) in [4.78, 5) is 0. The highest BCUT2D eigenvalue weighted by Crippen LogP contribution is 2.21. The van der Waals surface area contributed by atoms with E-state index in [1.807, 2.05) is 0 Å². The second kappa shape index (κ2) is 5.87. The lowest BCUT2D eigenvalue weighted by molar-refractivity contribution is 0.101. The van der Waals surface area contributed by atoms with Crippen LogP contribution in [0.2, 0.25) is 0 Å². The Bertz CT molecular complexity index is 128. The zero-order valence-electron chi connectivity index (χ0n) is 8.76. The van der Waals surface area contributed by atoms with Crippen molar-refractivity contribution in [3.05, 3.63) is 0 Å². The molecule has 0 aromatic rings. The van der Waals surface area contributed by atoms with Crippen LogP contribution in [-0.2, 0) is 4.74 Å². The summed E-state index contributed by atoms with van der Waals surface area (Å²) in [5.74, 6) is 0.642. The predicted molar refractivity (Wildman–Crippen MR) is 57.3 cm³/mol. The molecule has 1 aliphatic rings. The van der Waals surface area contributed by atoms with Crippen molar-refractivity contribution in [1.29, 1.82) is 0 Å². The molecule has 13 heavy (non-hydrogen) atoms. The molecule has 1 fully saturated rings. The number of hydrogen-bond donors (Lipinski definition) is 0. The highest BCUT2D eigenvalue weighted by Gasteiger charge is 2.16. The average Bonchev–Trinajstić information content (AvgIpc) is 2.56. The van der Waals surface area contributed by atoms with Crippen LogP contribution in [0.5, 0.6) is 0 Å². The molecule has 0 N–H and O–H groups in total. The highest BCUT2D eigenvalue weighted by atomic mass is 35.5. The lowest BCUT2D eigenvalue weighted by atomic mass is 9.99. The molecule has 0 radical (unpaired) electrons. The van der Waals surface area contributed by atoms with Crippen LogP contribution < -0.4 is 0 Å². The third-order valence-electron chi connectivity index (χ3n) is 2.99. The van der Waals surface area contributed by atoms with E-state index in [1.54, 1.807) is 0 Å². The summed E-state index contributed by atoms with van der Waals surface area (Å²) in [6, 6.07) is 0. The van der Waals surface area contributed by atoms with Crippen molar-refractivity contribution in [3.8, 4) is 0 Å². The maximum atomic E-state index is 5.99. The number of ether oxygens (including phenoxy) is 1. The molecule has 0 amide bonds. The third kappa shape index (κ3) is 4.33. The summed E-state index contributed by atoms with van der Waals surface area (Å²) < 4.78 is 5.56. The number of alkyl halides is 1. The van der Waals surface area contributed by atoms with E-state index in [0.29, 0.717) is 17.4 Å². The third-order valence-corrected chi connectivity index (χ3v) is 3.42. The predicted octanol–water partition coefficient (Wildman–Crippen LogP) is 3.60. The number of rotatable bonds is 5. The standard InChI is InChI=1S/C11H21ClO/c1-9(10(2)12)5-3-6-11-7-4-8-13-11/h9-11H,3-8H2,1-2H3. The zero-order chi connectivity index (χ0) is 9.68. The molecular formula is C11H21ClO. The van der Waals surface area contributed by atoms with E-state index in [-0.39, 0.29) is 0 Å². The quantitative estimate of drug-likeness (QED) is 0.622. The van der Waals surface area contributed by atoms with Gasteiger partial charge >= 0.3 is 0 Å².